The van der Waals surface area contributed by atoms with Crippen LogP contribution in [-0.2, 0) is 4.79 Å². The summed E-state index contributed by atoms with van der Waals surface area (Å²) >= 11 is 1.19. The maximum Gasteiger partial charge on any atom is 0.321 e. The van der Waals surface area contributed by atoms with Crippen molar-refractivity contribution in [3.8, 4) is 17.1 Å². The predicted molar refractivity (Wildman–Crippen MR) is 107 cm³/mol. The zero-order valence-corrected chi connectivity index (χ0v) is 16.8. The van der Waals surface area contributed by atoms with E-state index >= 15 is 0 Å². The maximum absolute atomic E-state index is 12.3. The Morgan fingerprint density at radius 1 is 1.21 bits per heavy atom. The van der Waals surface area contributed by atoms with Gasteiger partial charge in [0.15, 0.2) is 5.82 Å². The van der Waals surface area contributed by atoms with Gasteiger partial charge in [0.25, 0.3) is 0 Å². The number of methoxy groups -OCH3 is 1. The number of urea groups is 1. The third-order valence-electron chi connectivity index (χ3n) is 4.66. The molecule has 1 aromatic carbocycles. The van der Waals surface area contributed by atoms with Gasteiger partial charge in [0.2, 0.25) is 11.1 Å². The summed E-state index contributed by atoms with van der Waals surface area (Å²) in [5.74, 6) is 0.997. The number of hydrogen-bond donors (Lipinski definition) is 3. The highest BCUT2D eigenvalue weighted by Gasteiger charge is 2.21. The Morgan fingerprint density at radius 3 is 2.61 bits per heavy atom. The molecule has 8 nitrogen and oxygen atoms in total. The van der Waals surface area contributed by atoms with E-state index in [1.807, 2.05) is 24.3 Å². The van der Waals surface area contributed by atoms with Crippen molar-refractivity contribution in [2.24, 2.45) is 0 Å². The monoisotopic (exact) mass is 403 g/mol. The number of carbonyl (C=O) groups is 2. The summed E-state index contributed by atoms with van der Waals surface area (Å²) in [7, 11) is 1.61. The summed E-state index contributed by atoms with van der Waals surface area (Å²) < 4.78 is 5.14. The summed E-state index contributed by atoms with van der Waals surface area (Å²) in [6.45, 7) is 1.72. The third kappa shape index (κ3) is 5.48. The SMILES string of the molecule is COc1ccc(-c2nc(S[C@H](C)C(=O)NC(=O)NC3CCCCC3)n[nH]2)cc1. The number of aromatic nitrogens is 3. The molecule has 9 heteroatoms. The van der Waals surface area contributed by atoms with E-state index in [0.717, 1.165) is 37.0 Å². The Bertz CT molecular complexity index is 802. The number of nitrogens with zero attached hydrogens (tertiary/aromatic N) is 2. The largest absolute Gasteiger partial charge is 0.497 e. The Balaban J connectivity index is 1.50. The molecule has 1 saturated carbocycles. The van der Waals surface area contributed by atoms with Gasteiger partial charge < -0.3 is 10.1 Å². The number of aromatic amines is 1. The Labute approximate surface area is 168 Å². The molecule has 0 aliphatic heterocycles. The second-order valence-corrected chi connectivity index (χ2v) is 8.06. The number of H-pyrrole nitrogens is 1. The van der Waals surface area contributed by atoms with E-state index in [9.17, 15) is 9.59 Å². The van der Waals surface area contributed by atoms with Gasteiger partial charge in [0.1, 0.15) is 5.75 Å². The highest BCUT2D eigenvalue weighted by Crippen LogP contribution is 2.24. The lowest BCUT2D eigenvalue weighted by Gasteiger charge is -2.22. The van der Waals surface area contributed by atoms with E-state index in [4.69, 9.17) is 4.74 Å². The molecule has 1 aliphatic carbocycles. The van der Waals surface area contributed by atoms with Gasteiger partial charge in [-0.15, -0.1) is 5.10 Å². The lowest BCUT2D eigenvalue weighted by atomic mass is 9.96. The van der Waals surface area contributed by atoms with Crippen molar-refractivity contribution in [3.63, 3.8) is 0 Å². The van der Waals surface area contributed by atoms with Crippen molar-refractivity contribution < 1.29 is 14.3 Å². The van der Waals surface area contributed by atoms with Crippen molar-refractivity contribution in [2.45, 2.75) is 55.5 Å². The van der Waals surface area contributed by atoms with Crippen LogP contribution in [0.25, 0.3) is 11.4 Å². The number of amides is 3. The van der Waals surface area contributed by atoms with Gasteiger partial charge in [0.05, 0.1) is 12.4 Å². The van der Waals surface area contributed by atoms with Gasteiger partial charge in [0, 0.05) is 11.6 Å². The first-order chi connectivity index (χ1) is 13.5. The minimum atomic E-state index is -0.503. The van der Waals surface area contributed by atoms with Crippen LogP contribution in [0.2, 0.25) is 0 Å². The molecule has 3 N–H and O–H groups in total. The number of nitrogens with one attached hydrogen (secondary N) is 3. The van der Waals surface area contributed by atoms with Crippen LogP contribution in [0.3, 0.4) is 0 Å². The fourth-order valence-corrected chi connectivity index (χ4v) is 3.80. The zero-order valence-electron chi connectivity index (χ0n) is 16.0. The fourth-order valence-electron chi connectivity index (χ4n) is 3.07. The molecule has 1 atom stereocenters. The van der Waals surface area contributed by atoms with Gasteiger partial charge in [-0.05, 0) is 44.0 Å². The normalized spacial score (nSPS) is 15.6. The Morgan fingerprint density at radius 2 is 1.93 bits per heavy atom. The van der Waals surface area contributed by atoms with Crippen LogP contribution >= 0.6 is 11.8 Å². The number of benzene rings is 1. The number of hydrogen-bond acceptors (Lipinski definition) is 6. The van der Waals surface area contributed by atoms with Gasteiger partial charge in [-0.25, -0.2) is 9.78 Å². The zero-order chi connectivity index (χ0) is 19.9. The maximum atomic E-state index is 12.3. The number of rotatable bonds is 6. The van der Waals surface area contributed by atoms with Crippen LogP contribution < -0.4 is 15.4 Å². The lowest BCUT2D eigenvalue weighted by molar-refractivity contribution is -0.119. The number of ether oxygens (including phenoxy) is 1. The average molecular weight is 404 g/mol. The Hall–Kier alpha value is -2.55. The van der Waals surface area contributed by atoms with Gasteiger partial charge in [-0.1, -0.05) is 31.0 Å². The van der Waals surface area contributed by atoms with Crippen molar-refractivity contribution in [1.29, 1.82) is 0 Å². The third-order valence-corrected chi connectivity index (χ3v) is 5.62. The molecular weight excluding hydrogens is 378 g/mol. The molecule has 1 aliphatic rings. The van der Waals surface area contributed by atoms with E-state index in [1.165, 1.54) is 18.2 Å². The summed E-state index contributed by atoms with van der Waals surface area (Å²) in [5.41, 5.74) is 0.865. The van der Waals surface area contributed by atoms with Crippen LogP contribution in [0.5, 0.6) is 5.75 Å². The predicted octanol–water partition coefficient (Wildman–Crippen LogP) is 3.12. The molecule has 0 saturated heterocycles. The molecule has 3 amide bonds. The summed E-state index contributed by atoms with van der Waals surface area (Å²) in [4.78, 5) is 28.7. The summed E-state index contributed by atoms with van der Waals surface area (Å²) in [6.07, 6.45) is 5.38. The fraction of sp³-hybridized carbons (Fsp3) is 0.474. The quantitative estimate of drug-likeness (QED) is 0.640. The molecule has 2 aromatic rings. The first-order valence-electron chi connectivity index (χ1n) is 9.40. The van der Waals surface area contributed by atoms with E-state index in [1.54, 1.807) is 14.0 Å². The van der Waals surface area contributed by atoms with Gasteiger partial charge in [-0.3, -0.25) is 15.2 Å². The smallest absolute Gasteiger partial charge is 0.321 e. The summed E-state index contributed by atoms with van der Waals surface area (Å²) in [5, 5.41) is 12.2. The molecule has 1 aromatic heterocycles. The van der Waals surface area contributed by atoms with Gasteiger partial charge in [-0.2, -0.15) is 0 Å². The highest BCUT2D eigenvalue weighted by atomic mass is 32.2. The molecule has 0 unspecified atom stereocenters. The Kier molecular flexibility index (Phi) is 6.91. The lowest BCUT2D eigenvalue weighted by Crippen LogP contribution is -2.47. The second-order valence-electron chi connectivity index (χ2n) is 6.75. The minimum absolute atomic E-state index is 0.157. The topological polar surface area (TPSA) is 109 Å². The van der Waals surface area contributed by atoms with Crippen molar-refractivity contribution in [3.05, 3.63) is 24.3 Å². The first kappa shape index (κ1) is 20.2. The molecule has 28 heavy (non-hydrogen) atoms. The first-order valence-corrected chi connectivity index (χ1v) is 10.3. The van der Waals surface area contributed by atoms with E-state index in [0.29, 0.717) is 11.0 Å². The van der Waals surface area contributed by atoms with Crippen LogP contribution in [0, 0.1) is 0 Å². The number of carbonyl (C=O) groups excluding carboxylic acids is 2. The van der Waals surface area contributed by atoms with Crippen LogP contribution in [0.15, 0.2) is 29.4 Å². The van der Waals surface area contributed by atoms with E-state index in [-0.39, 0.29) is 11.9 Å². The van der Waals surface area contributed by atoms with Crippen molar-refractivity contribution in [2.75, 3.05) is 7.11 Å². The number of imide groups is 1. The molecule has 150 valence electrons. The van der Waals surface area contributed by atoms with Crippen LogP contribution in [-0.4, -0.2) is 45.5 Å². The number of thioether (sulfide) groups is 1. The van der Waals surface area contributed by atoms with Crippen LogP contribution in [0.4, 0.5) is 4.79 Å². The molecule has 1 fully saturated rings. The van der Waals surface area contributed by atoms with Gasteiger partial charge >= 0.3 is 6.03 Å². The molecule has 0 spiro atoms. The molecular formula is C19H25N5O3S. The minimum Gasteiger partial charge on any atom is -0.497 e. The van der Waals surface area contributed by atoms with Crippen molar-refractivity contribution in [1.82, 2.24) is 25.8 Å². The van der Waals surface area contributed by atoms with Crippen molar-refractivity contribution >= 4 is 23.7 Å². The summed E-state index contributed by atoms with van der Waals surface area (Å²) in [6, 6.07) is 7.15. The van der Waals surface area contributed by atoms with Crippen LogP contribution in [0.1, 0.15) is 39.0 Å². The van der Waals surface area contributed by atoms with E-state index < -0.39 is 11.3 Å². The second kappa shape index (κ2) is 9.59. The molecule has 0 radical (unpaired) electrons. The standard InChI is InChI=1S/C19H25N5O3S/c1-12(17(25)22-18(26)20-14-6-4-3-5-7-14)28-19-21-16(23-24-19)13-8-10-15(27-2)11-9-13/h8-12,14H,3-7H2,1-2H3,(H,21,23,24)(H2,20,22,25,26)/t12-/m1/s1. The van der Waals surface area contributed by atoms with E-state index in [2.05, 4.69) is 25.8 Å². The molecule has 0 bridgehead atoms. The highest BCUT2D eigenvalue weighted by molar-refractivity contribution is 8.00. The molecule has 1 heterocycles. The molecule has 3 rings (SSSR count). The average Bonchev–Trinajstić information content (AvgIpc) is 3.17.